The predicted molar refractivity (Wildman–Crippen MR) is 72.4 cm³/mol. The van der Waals surface area contributed by atoms with Gasteiger partial charge < -0.3 is 10.4 Å². The fraction of sp³-hybridized carbons (Fsp3) is 0.333. The van der Waals surface area contributed by atoms with E-state index in [-0.39, 0.29) is 0 Å². The fourth-order valence-corrected chi connectivity index (χ4v) is 2.02. The molecule has 0 aliphatic heterocycles. The summed E-state index contributed by atoms with van der Waals surface area (Å²) < 4.78 is 0. The molecule has 0 spiro atoms. The summed E-state index contributed by atoms with van der Waals surface area (Å²) in [4.78, 5) is 23.7. The van der Waals surface area contributed by atoms with Crippen molar-refractivity contribution in [3.8, 4) is 0 Å². The lowest BCUT2D eigenvalue weighted by molar-refractivity contribution is -0.139. The third-order valence-electron chi connectivity index (χ3n) is 2.43. The summed E-state index contributed by atoms with van der Waals surface area (Å²) in [5, 5.41) is 11.6. The largest absolute Gasteiger partial charge is 0.480 e. The SMILES string of the molecule is CC[C@@H](NC(=O)c1cc(SC)ccc1Cl)C(=O)O. The molecule has 0 saturated heterocycles. The van der Waals surface area contributed by atoms with Crippen molar-refractivity contribution in [2.24, 2.45) is 0 Å². The predicted octanol–water partition coefficient (Wildman–Crippen LogP) is 2.65. The van der Waals surface area contributed by atoms with E-state index in [0.717, 1.165) is 4.90 Å². The number of hydrogen-bond acceptors (Lipinski definition) is 3. The smallest absolute Gasteiger partial charge is 0.326 e. The number of rotatable bonds is 5. The van der Waals surface area contributed by atoms with E-state index in [0.29, 0.717) is 17.0 Å². The maximum absolute atomic E-state index is 11.9. The number of carbonyl (C=O) groups is 2. The Morgan fingerprint density at radius 1 is 1.50 bits per heavy atom. The molecule has 0 aliphatic rings. The summed E-state index contributed by atoms with van der Waals surface area (Å²) in [6.07, 6.45) is 2.21. The molecule has 0 fully saturated rings. The lowest BCUT2D eigenvalue weighted by Gasteiger charge is -2.13. The van der Waals surface area contributed by atoms with Gasteiger partial charge >= 0.3 is 5.97 Å². The molecule has 18 heavy (non-hydrogen) atoms. The molecule has 1 atom stereocenters. The monoisotopic (exact) mass is 287 g/mol. The molecular formula is C12H14ClNO3S. The Balaban J connectivity index is 2.93. The molecule has 0 aromatic heterocycles. The van der Waals surface area contributed by atoms with Crippen LogP contribution in [0.4, 0.5) is 0 Å². The topological polar surface area (TPSA) is 66.4 Å². The highest BCUT2D eigenvalue weighted by atomic mass is 35.5. The van der Waals surface area contributed by atoms with E-state index in [1.165, 1.54) is 11.8 Å². The van der Waals surface area contributed by atoms with Crippen LogP contribution in [0.2, 0.25) is 5.02 Å². The highest BCUT2D eigenvalue weighted by Crippen LogP contribution is 2.23. The first kappa shape index (κ1) is 14.9. The van der Waals surface area contributed by atoms with Crippen LogP contribution in [0.1, 0.15) is 23.7 Å². The molecule has 98 valence electrons. The molecule has 1 aromatic carbocycles. The zero-order valence-corrected chi connectivity index (χ0v) is 11.6. The second-order valence-corrected chi connectivity index (χ2v) is 4.91. The quantitative estimate of drug-likeness (QED) is 0.817. The van der Waals surface area contributed by atoms with Crippen LogP contribution >= 0.6 is 23.4 Å². The van der Waals surface area contributed by atoms with Crippen molar-refractivity contribution in [2.45, 2.75) is 24.3 Å². The van der Waals surface area contributed by atoms with E-state index in [1.54, 1.807) is 25.1 Å². The summed E-state index contributed by atoms with van der Waals surface area (Å²) in [6.45, 7) is 1.69. The van der Waals surface area contributed by atoms with Crippen molar-refractivity contribution in [1.29, 1.82) is 0 Å². The highest BCUT2D eigenvalue weighted by molar-refractivity contribution is 7.98. The Labute approximate surface area is 115 Å². The van der Waals surface area contributed by atoms with E-state index < -0.39 is 17.9 Å². The lowest BCUT2D eigenvalue weighted by atomic mass is 10.1. The molecule has 2 N–H and O–H groups in total. The molecule has 6 heteroatoms. The first-order chi connectivity index (χ1) is 8.49. The average molecular weight is 288 g/mol. The van der Waals surface area contributed by atoms with Gasteiger partial charge in [0.05, 0.1) is 10.6 Å². The number of thioether (sulfide) groups is 1. The van der Waals surface area contributed by atoms with Crippen molar-refractivity contribution in [3.05, 3.63) is 28.8 Å². The van der Waals surface area contributed by atoms with Crippen LogP contribution in [0.15, 0.2) is 23.1 Å². The number of benzene rings is 1. The molecule has 0 saturated carbocycles. The number of carbonyl (C=O) groups excluding carboxylic acids is 1. The number of hydrogen-bond donors (Lipinski definition) is 2. The summed E-state index contributed by atoms with van der Waals surface area (Å²) in [6, 6.07) is 4.19. The first-order valence-corrected chi connectivity index (χ1v) is 6.97. The number of carboxylic acid groups (broad SMARTS) is 1. The van der Waals surface area contributed by atoms with Gasteiger partial charge in [-0.3, -0.25) is 4.79 Å². The Bertz CT molecular complexity index is 465. The van der Waals surface area contributed by atoms with Gasteiger partial charge in [0.1, 0.15) is 6.04 Å². The summed E-state index contributed by atoms with van der Waals surface area (Å²) in [5.74, 6) is -1.52. The second-order valence-electron chi connectivity index (χ2n) is 3.62. The zero-order chi connectivity index (χ0) is 13.7. The molecule has 0 aliphatic carbocycles. The van der Waals surface area contributed by atoms with E-state index in [9.17, 15) is 9.59 Å². The van der Waals surface area contributed by atoms with Crippen LogP contribution in [-0.2, 0) is 4.79 Å². The number of amides is 1. The van der Waals surface area contributed by atoms with Crippen LogP contribution in [0.3, 0.4) is 0 Å². The van der Waals surface area contributed by atoms with E-state index >= 15 is 0 Å². The van der Waals surface area contributed by atoms with Crippen LogP contribution in [0.5, 0.6) is 0 Å². The van der Waals surface area contributed by atoms with Crippen molar-refractivity contribution in [1.82, 2.24) is 5.32 Å². The minimum atomic E-state index is -1.05. The van der Waals surface area contributed by atoms with Gasteiger partial charge in [0, 0.05) is 4.90 Å². The highest BCUT2D eigenvalue weighted by Gasteiger charge is 2.20. The molecule has 0 unspecified atom stereocenters. The molecule has 0 radical (unpaired) electrons. The van der Waals surface area contributed by atoms with E-state index in [4.69, 9.17) is 16.7 Å². The van der Waals surface area contributed by atoms with Gasteiger partial charge in [-0.05, 0) is 30.9 Å². The van der Waals surface area contributed by atoms with Crippen molar-refractivity contribution >= 4 is 35.2 Å². The lowest BCUT2D eigenvalue weighted by Crippen LogP contribution is -2.40. The standard InChI is InChI=1S/C12H14ClNO3S/c1-3-10(12(16)17)14-11(15)8-6-7(18-2)4-5-9(8)13/h4-6,10H,3H2,1-2H3,(H,14,15)(H,16,17)/t10-/m1/s1. The Kier molecular flexibility index (Phi) is 5.50. The van der Waals surface area contributed by atoms with Crippen LogP contribution < -0.4 is 5.32 Å². The summed E-state index contributed by atoms with van der Waals surface area (Å²) in [5.41, 5.74) is 0.295. The average Bonchev–Trinajstić information content (AvgIpc) is 2.35. The van der Waals surface area contributed by atoms with Crippen molar-refractivity contribution in [2.75, 3.05) is 6.26 Å². The third-order valence-corrected chi connectivity index (χ3v) is 3.48. The number of halogens is 1. The summed E-state index contributed by atoms with van der Waals surface area (Å²) in [7, 11) is 0. The molecule has 4 nitrogen and oxygen atoms in total. The van der Waals surface area contributed by atoms with Crippen LogP contribution in [-0.4, -0.2) is 29.3 Å². The second kappa shape index (κ2) is 6.66. The molecular weight excluding hydrogens is 274 g/mol. The number of carboxylic acids is 1. The van der Waals surface area contributed by atoms with Gasteiger partial charge in [0.25, 0.3) is 5.91 Å². The molecule has 1 amide bonds. The Morgan fingerprint density at radius 2 is 2.17 bits per heavy atom. The Morgan fingerprint density at radius 3 is 2.67 bits per heavy atom. The van der Waals surface area contributed by atoms with Crippen LogP contribution in [0.25, 0.3) is 0 Å². The normalized spacial score (nSPS) is 11.9. The fourth-order valence-electron chi connectivity index (χ4n) is 1.38. The van der Waals surface area contributed by atoms with Gasteiger partial charge in [0.15, 0.2) is 0 Å². The number of aliphatic carboxylic acids is 1. The maximum Gasteiger partial charge on any atom is 0.326 e. The molecule has 0 bridgehead atoms. The number of nitrogens with one attached hydrogen (secondary N) is 1. The Hall–Kier alpha value is -1.20. The van der Waals surface area contributed by atoms with Crippen molar-refractivity contribution in [3.63, 3.8) is 0 Å². The van der Waals surface area contributed by atoms with Gasteiger partial charge in [0.2, 0.25) is 0 Å². The van der Waals surface area contributed by atoms with Gasteiger partial charge in [-0.15, -0.1) is 11.8 Å². The molecule has 1 rings (SSSR count). The minimum absolute atomic E-state index is 0.295. The third kappa shape index (κ3) is 3.65. The zero-order valence-electron chi connectivity index (χ0n) is 10.1. The van der Waals surface area contributed by atoms with E-state index in [2.05, 4.69) is 5.32 Å². The van der Waals surface area contributed by atoms with Gasteiger partial charge in [-0.1, -0.05) is 18.5 Å². The summed E-state index contributed by atoms with van der Waals surface area (Å²) >= 11 is 7.42. The molecule has 1 aromatic rings. The maximum atomic E-state index is 11.9. The van der Waals surface area contributed by atoms with E-state index in [1.807, 2.05) is 6.26 Å². The van der Waals surface area contributed by atoms with Gasteiger partial charge in [-0.25, -0.2) is 4.79 Å². The van der Waals surface area contributed by atoms with Crippen molar-refractivity contribution < 1.29 is 14.7 Å². The van der Waals surface area contributed by atoms with Gasteiger partial charge in [-0.2, -0.15) is 0 Å². The first-order valence-electron chi connectivity index (χ1n) is 5.36. The molecule has 0 heterocycles. The van der Waals surface area contributed by atoms with Crippen LogP contribution in [0, 0.1) is 0 Å². The minimum Gasteiger partial charge on any atom is -0.480 e.